The summed E-state index contributed by atoms with van der Waals surface area (Å²) >= 11 is 0. The van der Waals surface area contributed by atoms with Gasteiger partial charge in [-0.15, -0.1) is 0 Å². The number of rotatable bonds is 5. The zero-order valence-electron chi connectivity index (χ0n) is 13.1. The predicted molar refractivity (Wildman–Crippen MR) is 84.8 cm³/mol. The Hall–Kier alpha value is -1.85. The van der Waals surface area contributed by atoms with Gasteiger partial charge in [-0.05, 0) is 37.1 Å². The van der Waals surface area contributed by atoms with Gasteiger partial charge in [-0.25, -0.2) is 0 Å². The lowest BCUT2D eigenvalue weighted by Crippen LogP contribution is -2.21. The van der Waals surface area contributed by atoms with Crippen LogP contribution in [0.15, 0.2) is 30.3 Å². The number of aromatic amines is 1. The van der Waals surface area contributed by atoms with Gasteiger partial charge in [0.25, 0.3) is 0 Å². The lowest BCUT2D eigenvalue weighted by molar-refractivity contribution is 0.140. The number of aryl methyl sites for hydroxylation is 1. The molecule has 0 saturated carbocycles. The number of hydrogen-bond acceptors (Lipinski definition) is 4. The number of methoxy groups -OCH3 is 1. The highest BCUT2D eigenvalue weighted by Crippen LogP contribution is 2.23. The third-order valence-corrected chi connectivity index (χ3v) is 4.25. The number of likely N-dealkylation sites (tertiary alicyclic amines) is 1. The standard InChI is InChI=1S/C17H23N3O2/c1-12-6-15(19-18-12)8-14-10-20(11-17(14)21)9-13-4-3-5-16(7-13)22-2/h3-7,14,17,21H,8-11H2,1-2H3,(H,18,19)/t14-,17+/m1/s1. The van der Waals surface area contributed by atoms with Gasteiger partial charge in [-0.2, -0.15) is 5.10 Å². The molecular weight excluding hydrogens is 278 g/mol. The molecule has 118 valence electrons. The van der Waals surface area contributed by atoms with Gasteiger partial charge in [-0.1, -0.05) is 12.1 Å². The monoisotopic (exact) mass is 301 g/mol. The number of benzene rings is 1. The second-order valence-electron chi connectivity index (χ2n) is 6.12. The highest BCUT2D eigenvalue weighted by molar-refractivity contribution is 5.28. The maximum atomic E-state index is 10.3. The van der Waals surface area contributed by atoms with Gasteiger partial charge < -0.3 is 9.84 Å². The first kappa shape index (κ1) is 15.1. The Morgan fingerprint density at radius 3 is 2.95 bits per heavy atom. The van der Waals surface area contributed by atoms with Gasteiger partial charge in [0.1, 0.15) is 5.75 Å². The van der Waals surface area contributed by atoms with Crippen LogP contribution in [0.25, 0.3) is 0 Å². The van der Waals surface area contributed by atoms with Crippen molar-refractivity contribution in [3.63, 3.8) is 0 Å². The Kier molecular flexibility index (Phi) is 4.45. The summed E-state index contributed by atoms with van der Waals surface area (Å²) in [6, 6.07) is 10.2. The maximum absolute atomic E-state index is 10.3. The van der Waals surface area contributed by atoms with Gasteiger partial charge in [-0.3, -0.25) is 10.00 Å². The van der Waals surface area contributed by atoms with Crippen molar-refractivity contribution in [3.05, 3.63) is 47.3 Å². The molecule has 22 heavy (non-hydrogen) atoms. The summed E-state index contributed by atoms with van der Waals surface area (Å²) in [4.78, 5) is 2.30. The van der Waals surface area contributed by atoms with E-state index in [0.29, 0.717) is 6.54 Å². The fourth-order valence-electron chi connectivity index (χ4n) is 3.15. The summed E-state index contributed by atoms with van der Waals surface area (Å²) in [6.07, 6.45) is 0.530. The van der Waals surface area contributed by atoms with Crippen molar-refractivity contribution in [1.29, 1.82) is 0 Å². The maximum Gasteiger partial charge on any atom is 0.119 e. The van der Waals surface area contributed by atoms with E-state index in [0.717, 1.165) is 36.6 Å². The number of nitrogens with one attached hydrogen (secondary N) is 1. The molecule has 2 aromatic rings. The number of aromatic nitrogens is 2. The fraction of sp³-hybridized carbons (Fsp3) is 0.471. The molecule has 1 aromatic heterocycles. The van der Waals surface area contributed by atoms with Gasteiger partial charge in [0, 0.05) is 31.2 Å². The Morgan fingerprint density at radius 1 is 1.36 bits per heavy atom. The first-order valence-corrected chi connectivity index (χ1v) is 7.68. The molecule has 0 unspecified atom stereocenters. The van der Waals surface area contributed by atoms with Crippen molar-refractivity contribution in [2.75, 3.05) is 20.2 Å². The molecular formula is C17H23N3O2. The molecule has 1 aliphatic heterocycles. The van der Waals surface area contributed by atoms with Crippen molar-refractivity contribution in [1.82, 2.24) is 15.1 Å². The minimum absolute atomic E-state index is 0.244. The summed E-state index contributed by atoms with van der Waals surface area (Å²) in [5.74, 6) is 1.12. The lowest BCUT2D eigenvalue weighted by atomic mass is 10.0. The number of aliphatic hydroxyl groups excluding tert-OH is 1. The normalized spacial score (nSPS) is 22.1. The van der Waals surface area contributed by atoms with Crippen molar-refractivity contribution in [3.8, 4) is 5.75 Å². The number of H-pyrrole nitrogens is 1. The van der Waals surface area contributed by atoms with E-state index in [-0.39, 0.29) is 12.0 Å². The van der Waals surface area contributed by atoms with Gasteiger partial charge >= 0.3 is 0 Å². The van der Waals surface area contributed by atoms with Crippen molar-refractivity contribution in [2.24, 2.45) is 5.92 Å². The molecule has 0 radical (unpaired) electrons. The van der Waals surface area contributed by atoms with E-state index in [4.69, 9.17) is 4.74 Å². The SMILES string of the molecule is COc1cccc(CN2C[C@@H](Cc3cc(C)[nH]n3)[C@@H](O)C2)c1. The van der Waals surface area contributed by atoms with Crippen molar-refractivity contribution < 1.29 is 9.84 Å². The average Bonchev–Trinajstić information content (AvgIpc) is 3.06. The van der Waals surface area contributed by atoms with Crippen LogP contribution in [-0.4, -0.2) is 46.5 Å². The molecule has 2 atom stereocenters. The highest BCUT2D eigenvalue weighted by atomic mass is 16.5. The van der Waals surface area contributed by atoms with Crippen LogP contribution < -0.4 is 4.74 Å². The average molecular weight is 301 g/mol. The zero-order valence-corrected chi connectivity index (χ0v) is 13.1. The molecule has 0 amide bonds. The first-order chi connectivity index (χ1) is 10.6. The summed E-state index contributed by atoms with van der Waals surface area (Å²) in [5.41, 5.74) is 3.31. The Balaban J connectivity index is 1.60. The summed E-state index contributed by atoms with van der Waals surface area (Å²) in [7, 11) is 1.68. The van der Waals surface area contributed by atoms with Crippen molar-refractivity contribution in [2.45, 2.75) is 26.0 Å². The molecule has 3 rings (SSSR count). The number of hydrogen-bond donors (Lipinski definition) is 2. The van der Waals surface area contributed by atoms with Crippen LogP contribution in [0, 0.1) is 12.8 Å². The van der Waals surface area contributed by atoms with Gasteiger partial charge in [0.05, 0.1) is 18.9 Å². The fourth-order valence-corrected chi connectivity index (χ4v) is 3.15. The van der Waals surface area contributed by atoms with E-state index in [1.807, 2.05) is 19.1 Å². The molecule has 5 heteroatoms. The van der Waals surface area contributed by atoms with Crippen LogP contribution in [0.4, 0.5) is 0 Å². The predicted octanol–water partition coefficient (Wildman–Crippen LogP) is 1.76. The second-order valence-corrected chi connectivity index (χ2v) is 6.12. The van der Waals surface area contributed by atoms with Gasteiger partial charge in [0.2, 0.25) is 0 Å². The smallest absolute Gasteiger partial charge is 0.119 e. The number of β-amino-alcohol motifs (C(OH)–C–C–N with tert-alkyl or cyclic N) is 1. The van der Waals surface area contributed by atoms with E-state index in [1.54, 1.807) is 7.11 Å². The molecule has 0 bridgehead atoms. The third-order valence-electron chi connectivity index (χ3n) is 4.25. The molecule has 1 fully saturated rings. The molecule has 5 nitrogen and oxygen atoms in total. The minimum atomic E-state index is -0.289. The van der Waals surface area contributed by atoms with E-state index in [2.05, 4.69) is 33.3 Å². The van der Waals surface area contributed by atoms with Crippen LogP contribution in [0.5, 0.6) is 5.75 Å². The van der Waals surface area contributed by atoms with E-state index >= 15 is 0 Å². The third kappa shape index (κ3) is 3.48. The summed E-state index contributed by atoms with van der Waals surface area (Å²) in [5, 5.41) is 17.5. The van der Waals surface area contributed by atoms with E-state index in [9.17, 15) is 5.11 Å². The Morgan fingerprint density at radius 2 is 2.23 bits per heavy atom. The number of nitrogens with zero attached hydrogens (tertiary/aromatic N) is 2. The molecule has 0 spiro atoms. The Bertz CT molecular complexity index is 626. The number of ether oxygens (including phenoxy) is 1. The van der Waals surface area contributed by atoms with E-state index in [1.165, 1.54) is 5.56 Å². The largest absolute Gasteiger partial charge is 0.497 e. The second kappa shape index (κ2) is 6.50. The Labute approximate surface area is 130 Å². The van der Waals surface area contributed by atoms with Crippen molar-refractivity contribution >= 4 is 0 Å². The molecule has 1 saturated heterocycles. The first-order valence-electron chi connectivity index (χ1n) is 7.68. The topological polar surface area (TPSA) is 61.4 Å². The molecule has 0 aliphatic carbocycles. The van der Waals surface area contributed by atoms with Crippen LogP contribution in [-0.2, 0) is 13.0 Å². The van der Waals surface area contributed by atoms with Crippen LogP contribution in [0.3, 0.4) is 0 Å². The molecule has 1 aliphatic rings. The molecule has 2 N–H and O–H groups in total. The lowest BCUT2D eigenvalue weighted by Gasteiger charge is -2.15. The quantitative estimate of drug-likeness (QED) is 0.883. The zero-order chi connectivity index (χ0) is 15.5. The molecule has 1 aromatic carbocycles. The summed E-state index contributed by atoms with van der Waals surface area (Å²) in [6.45, 7) is 4.44. The summed E-state index contributed by atoms with van der Waals surface area (Å²) < 4.78 is 5.26. The van der Waals surface area contributed by atoms with Gasteiger partial charge in [0.15, 0.2) is 0 Å². The van der Waals surface area contributed by atoms with E-state index < -0.39 is 0 Å². The van der Waals surface area contributed by atoms with Crippen LogP contribution in [0.2, 0.25) is 0 Å². The minimum Gasteiger partial charge on any atom is -0.497 e. The molecule has 2 heterocycles. The van der Waals surface area contributed by atoms with Crippen LogP contribution in [0.1, 0.15) is 17.0 Å². The van der Waals surface area contributed by atoms with Crippen LogP contribution >= 0.6 is 0 Å². The number of aliphatic hydroxyl groups is 1. The highest BCUT2D eigenvalue weighted by Gasteiger charge is 2.31.